The molecule has 0 spiro atoms. The predicted octanol–water partition coefficient (Wildman–Crippen LogP) is 6.48. The molecule has 4 atom stereocenters. The Hall–Kier alpha value is -2.98. The lowest BCUT2D eigenvalue weighted by atomic mass is 9.67. The molecule has 1 saturated carbocycles. The number of rotatable bonds is 11. The van der Waals surface area contributed by atoms with Gasteiger partial charge >= 0.3 is 5.97 Å². The van der Waals surface area contributed by atoms with Gasteiger partial charge in [0.25, 0.3) is 0 Å². The quantitative estimate of drug-likeness (QED) is 0.233. The second kappa shape index (κ2) is 12.9. The Morgan fingerprint density at radius 3 is 2.35 bits per heavy atom. The lowest BCUT2D eigenvalue weighted by Crippen LogP contribution is -2.58. The first-order chi connectivity index (χ1) is 20.5. The van der Waals surface area contributed by atoms with E-state index in [9.17, 15) is 27.5 Å². The Kier molecular flexibility index (Phi) is 9.46. The van der Waals surface area contributed by atoms with Crippen LogP contribution in [-0.2, 0) is 27.0 Å². The molecule has 2 unspecified atom stereocenters. The van der Waals surface area contributed by atoms with Crippen molar-refractivity contribution in [1.82, 2.24) is 9.21 Å². The number of carbonyl (C=O) groups is 2. The fraction of sp³-hybridized carbons (Fsp3) is 0.375. The zero-order valence-electron chi connectivity index (χ0n) is 23.5. The van der Waals surface area contributed by atoms with Crippen molar-refractivity contribution < 1.29 is 27.5 Å². The second-order valence-electron chi connectivity index (χ2n) is 11.8. The normalized spacial score (nSPS) is 23.1. The Labute approximate surface area is 262 Å². The van der Waals surface area contributed by atoms with Crippen LogP contribution in [0.5, 0.6) is 0 Å². The van der Waals surface area contributed by atoms with Crippen molar-refractivity contribution in [3.8, 4) is 0 Å². The average Bonchev–Trinajstić information content (AvgIpc) is 3.79. The molecule has 2 aliphatic rings. The van der Waals surface area contributed by atoms with Crippen molar-refractivity contribution in [3.63, 3.8) is 0 Å². The van der Waals surface area contributed by atoms with Gasteiger partial charge in [0.2, 0.25) is 16.8 Å². The fourth-order valence-electron chi connectivity index (χ4n) is 6.42. The van der Waals surface area contributed by atoms with Crippen molar-refractivity contribution in [2.24, 2.45) is 11.3 Å². The molecule has 43 heavy (non-hydrogen) atoms. The third-order valence-corrected chi connectivity index (χ3v) is 9.85. The Balaban J connectivity index is 1.65. The van der Waals surface area contributed by atoms with E-state index in [1.165, 1.54) is 22.5 Å². The highest BCUT2D eigenvalue weighted by molar-refractivity contribution is 7.69. The summed E-state index contributed by atoms with van der Waals surface area (Å²) in [6.45, 7) is 1.42. The van der Waals surface area contributed by atoms with E-state index < -0.39 is 40.2 Å². The van der Waals surface area contributed by atoms with Crippen LogP contribution in [0.3, 0.4) is 0 Å². The number of hydrogen-bond donors (Lipinski definition) is 2. The second-order valence-corrected chi connectivity index (χ2v) is 13.7. The number of amides is 1. The van der Waals surface area contributed by atoms with E-state index in [0.29, 0.717) is 10.0 Å². The number of carboxylic acid groups (broad SMARTS) is 1. The summed E-state index contributed by atoms with van der Waals surface area (Å²) in [4.78, 5) is 28.4. The molecule has 228 valence electrons. The van der Waals surface area contributed by atoms with Crippen LogP contribution in [0.2, 0.25) is 10.0 Å². The van der Waals surface area contributed by atoms with E-state index >= 15 is 0 Å². The number of carbonyl (C=O) groups excluding carboxylic acids is 1. The smallest absolute Gasteiger partial charge is 0.304 e. The van der Waals surface area contributed by atoms with E-state index in [-0.39, 0.29) is 49.2 Å². The van der Waals surface area contributed by atoms with Crippen molar-refractivity contribution >= 4 is 46.0 Å². The molecule has 3 aromatic rings. The number of hydrogen-bond acceptors (Lipinski definition) is 4. The van der Waals surface area contributed by atoms with Gasteiger partial charge in [-0.1, -0.05) is 72.6 Å². The summed E-state index contributed by atoms with van der Waals surface area (Å²) in [5, 5.41) is 10.9. The summed E-state index contributed by atoms with van der Waals surface area (Å²) in [5.74, 6) is -2.34. The van der Waals surface area contributed by atoms with Crippen molar-refractivity contribution in [3.05, 3.63) is 105 Å². The van der Waals surface area contributed by atoms with Gasteiger partial charge < -0.3 is 10.0 Å². The van der Waals surface area contributed by atoms with Gasteiger partial charge in [-0.15, -0.1) is 0 Å². The number of thiol groups is 1. The molecular weight excluding hydrogens is 614 g/mol. The summed E-state index contributed by atoms with van der Waals surface area (Å²) < 4.78 is 40.9. The predicted molar refractivity (Wildman–Crippen MR) is 164 cm³/mol. The highest BCUT2D eigenvalue weighted by Crippen LogP contribution is 2.54. The average molecular weight is 648 g/mol. The third-order valence-electron chi connectivity index (χ3n) is 8.59. The molecule has 1 saturated heterocycles. The summed E-state index contributed by atoms with van der Waals surface area (Å²) >= 11 is 12.7. The Bertz CT molecular complexity index is 1570. The monoisotopic (exact) mass is 646 g/mol. The summed E-state index contributed by atoms with van der Waals surface area (Å²) in [6, 6.07) is 19.4. The first kappa shape index (κ1) is 31.4. The summed E-state index contributed by atoms with van der Waals surface area (Å²) in [5.41, 5.74) is 0.584. The molecule has 7 nitrogen and oxygen atoms in total. The number of piperidine rings is 1. The van der Waals surface area contributed by atoms with Gasteiger partial charge in [-0.25, -0.2) is 12.8 Å². The first-order valence-electron chi connectivity index (χ1n) is 14.1. The van der Waals surface area contributed by atoms with Crippen LogP contribution in [0, 0.1) is 17.2 Å². The summed E-state index contributed by atoms with van der Waals surface area (Å²) in [6.07, 6.45) is 1.41. The molecule has 0 radical (unpaired) electrons. The lowest BCUT2D eigenvalue weighted by molar-refractivity contribution is -0.161. The molecule has 0 bridgehead atoms. The minimum Gasteiger partial charge on any atom is -0.481 e. The number of carboxylic acids is 1. The molecule has 0 aromatic heterocycles. The maximum absolute atomic E-state index is 14.6. The standard InChI is InChI=1S/C32H33Cl2FN2O5S/c1-32(17-29(38)39)16-26(22-6-4-7-25(34)15-22)30(21-11-13-24(33)14-12-21)37(31(32)40)28(20-9-10-20)19-36(43(41)42)18-23-5-2-3-8-27(23)35/h2-8,11-15,20,26,28,30,43H,9-10,16-19H2,1H3,(H,38,39)/t26?,28?,30-,32-/m1/s1. The molecule has 1 heterocycles. The van der Waals surface area contributed by atoms with E-state index in [2.05, 4.69) is 0 Å². The van der Waals surface area contributed by atoms with Crippen LogP contribution in [0.25, 0.3) is 0 Å². The molecule has 11 heteroatoms. The minimum absolute atomic E-state index is 0.0102. The van der Waals surface area contributed by atoms with Gasteiger partial charge in [0.05, 0.1) is 17.9 Å². The highest BCUT2D eigenvalue weighted by Gasteiger charge is 2.54. The Morgan fingerprint density at radius 2 is 1.74 bits per heavy atom. The molecule has 1 aliphatic carbocycles. The minimum atomic E-state index is -3.13. The zero-order valence-corrected chi connectivity index (χ0v) is 25.9. The maximum atomic E-state index is 14.6. The number of likely N-dealkylation sites (tertiary alicyclic amines) is 1. The van der Waals surface area contributed by atoms with Crippen molar-refractivity contribution in [1.29, 1.82) is 0 Å². The molecule has 5 rings (SSSR count). The summed E-state index contributed by atoms with van der Waals surface area (Å²) in [7, 11) is -3.13. The van der Waals surface area contributed by atoms with Crippen LogP contribution in [0.4, 0.5) is 4.39 Å². The van der Waals surface area contributed by atoms with Gasteiger partial charge in [-0.3, -0.25) is 9.59 Å². The molecular formula is C32H33Cl2FN2O5S. The number of aliphatic carboxylic acids is 1. The molecule has 3 aromatic carbocycles. The maximum Gasteiger partial charge on any atom is 0.304 e. The van der Waals surface area contributed by atoms with E-state index in [1.807, 2.05) is 30.3 Å². The van der Waals surface area contributed by atoms with Crippen LogP contribution >= 0.6 is 23.2 Å². The SMILES string of the molecule is C[C@]1(CC(=O)O)CC(c2cccc(Cl)c2)[C@@H](c2ccc(Cl)cc2)N(C(CN(Cc2ccccc2F)[SH](=O)=O)C2CC2)C1=O. The van der Waals surface area contributed by atoms with E-state index in [4.69, 9.17) is 23.2 Å². The van der Waals surface area contributed by atoms with E-state index in [0.717, 1.165) is 24.0 Å². The lowest BCUT2D eigenvalue weighted by Gasteiger charge is -2.52. The fourth-order valence-corrected chi connectivity index (χ4v) is 7.31. The Morgan fingerprint density at radius 1 is 1.05 bits per heavy atom. The first-order valence-corrected chi connectivity index (χ1v) is 16.0. The van der Waals surface area contributed by atoms with Gasteiger partial charge in [-0.2, -0.15) is 4.31 Å². The number of halogens is 3. The molecule has 2 fully saturated rings. The molecule has 1 amide bonds. The third kappa shape index (κ3) is 7.06. The van der Waals surface area contributed by atoms with Gasteiger partial charge in [-0.05, 0) is 66.6 Å². The zero-order chi connectivity index (χ0) is 30.9. The van der Waals surface area contributed by atoms with E-state index in [1.54, 1.807) is 36.1 Å². The van der Waals surface area contributed by atoms with Gasteiger partial charge in [0, 0.05) is 40.7 Å². The van der Waals surface area contributed by atoms with Crippen molar-refractivity contribution in [2.75, 3.05) is 6.54 Å². The molecule has 1 N–H and O–H groups in total. The van der Waals surface area contributed by atoms with Gasteiger partial charge in [0.15, 0.2) is 0 Å². The van der Waals surface area contributed by atoms with Crippen LogP contribution in [-0.4, -0.2) is 47.2 Å². The van der Waals surface area contributed by atoms with Crippen LogP contribution in [0.15, 0.2) is 72.8 Å². The number of nitrogens with zero attached hydrogens (tertiary/aromatic N) is 2. The largest absolute Gasteiger partial charge is 0.481 e. The molecule has 1 aliphatic heterocycles. The van der Waals surface area contributed by atoms with Crippen LogP contribution in [0.1, 0.15) is 61.3 Å². The topological polar surface area (TPSA) is 95.0 Å². The van der Waals surface area contributed by atoms with Crippen molar-refractivity contribution in [2.45, 2.75) is 57.2 Å². The number of benzene rings is 3. The van der Waals surface area contributed by atoms with Gasteiger partial charge in [0.1, 0.15) is 5.82 Å². The highest BCUT2D eigenvalue weighted by atomic mass is 35.5. The van der Waals surface area contributed by atoms with Crippen LogP contribution < -0.4 is 0 Å².